The number of nitrogens with zero attached hydrogens (tertiary/aromatic N) is 3. The van der Waals surface area contributed by atoms with E-state index in [1.54, 1.807) is 12.3 Å². The summed E-state index contributed by atoms with van der Waals surface area (Å²) in [5.74, 6) is 0.789. The zero-order chi connectivity index (χ0) is 19.3. The van der Waals surface area contributed by atoms with E-state index in [9.17, 15) is 8.42 Å². The van der Waals surface area contributed by atoms with Crippen LogP contribution >= 0.6 is 24.0 Å². The predicted molar refractivity (Wildman–Crippen MR) is 122 cm³/mol. The lowest BCUT2D eigenvalue weighted by atomic mass is 10.2. The summed E-state index contributed by atoms with van der Waals surface area (Å²) in [6.45, 7) is 8.02. The van der Waals surface area contributed by atoms with E-state index in [-0.39, 0.29) is 35.4 Å². The Morgan fingerprint density at radius 3 is 2.78 bits per heavy atom. The van der Waals surface area contributed by atoms with Gasteiger partial charge < -0.3 is 10.2 Å². The summed E-state index contributed by atoms with van der Waals surface area (Å²) in [6, 6.07) is 3.11. The Kier molecular flexibility index (Phi) is 14.2. The molecule has 27 heavy (non-hydrogen) atoms. The third-order valence-electron chi connectivity index (χ3n) is 3.71. The highest BCUT2D eigenvalue weighted by Gasteiger charge is 2.12. The molecule has 1 aromatic heterocycles. The molecule has 1 heterocycles. The van der Waals surface area contributed by atoms with Gasteiger partial charge >= 0.3 is 0 Å². The maximum atomic E-state index is 12.1. The number of allylic oxidation sites excluding steroid dienone is 1. The van der Waals surface area contributed by atoms with Gasteiger partial charge in [0.1, 0.15) is 4.90 Å². The monoisotopic (exact) mass is 509 g/mol. The van der Waals surface area contributed by atoms with Crippen LogP contribution in [0.2, 0.25) is 0 Å². The molecule has 1 aromatic rings. The van der Waals surface area contributed by atoms with Crippen LogP contribution in [0.4, 0.5) is 0 Å². The third-order valence-corrected chi connectivity index (χ3v) is 5.15. The largest absolute Gasteiger partial charge is 0.357 e. The topological polar surface area (TPSA) is 86.7 Å². The molecule has 0 atom stereocenters. The van der Waals surface area contributed by atoms with Crippen molar-refractivity contribution in [3.05, 3.63) is 37.2 Å². The van der Waals surface area contributed by atoms with Gasteiger partial charge in [-0.3, -0.25) is 9.98 Å². The fourth-order valence-electron chi connectivity index (χ4n) is 2.32. The molecule has 0 aromatic carbocycles. The molecular weight excluding hydrogens is 477 g/mol. The molecule has 9 heteroatoms. The molecule has 0 spiro atoms. The zero-order valence-corrected chi connectivity index (χ0v) is 19.4. The quantitative estimate of drug-likeness (QED) is 0.149. The number of hydrogen-bond donors (Lipinski definition) is 2. The minimum absolute atomic E-state index is 0. The number of guanidine groups is 1. The summed E-state index contributed by atoms with van der Waals surface area (Å²) in [7, 11) is -1.54. The van der Waals surface area contributed by atoms with E-state index in [1.807, 2.05) is 20.0 Å². The smallest absolute Gasteiger partial charge is 0.242 e. The highest BCUT2D eigenvalue weighted by Crippen LogP contribution is 2.04. The standard InChI is InChI=1S/C18H31N5O2S.HI/c1-4-6-7-8-9-15-23(3)18(20-5-2)21-13-14-22-26(24,25)17-11-10-12-19-16-17;/h4,10-12,16,22H,1,5-9,13-15H2,2-3H3,(H,20,21);1H. The number of halogens is 1. The minimum Gasteiger partial charge on any atom is -0.357 e. The molecule has 0 aliphatic carbocycles. The fraction of sp³-hybridized carbons (Fsp3) is 0.556. The molecule has 0 fully saturated rings. The van der Waals surface area contributed by atoms with E-state index < -0.39 is 10.0 Å². The molecule has 0 unspecified atom stereocenters. The number of aliphatic imine (C=N–C) groups is 1. The Balaban J connectivity index is 0.00000676. The summed E-state index contributed by atoms with van der Waals surface area (Å²) in [5, 5.41) is 3.24. The Morgan fingerprint density at radius 1 is 1.37 bits per heavy atom. The van der Waals surface area contributed by atoms with Crippen molar-refractivity contribution in [2.75, 3.05) is 33.2 Å². The second-order valence-corrected chi connectivity index (χ2v) is 7.65. The molecule has 7 nitrogen and oxygen atoms in total. The third kappa shape index (κ3) is 10.6. The number of unbranched alkanes of at least 4 members (excludes halogenated alkanes) is 3. The summed E-state index contributed by atoms with van der Waals surface area (Å²) in [6.07, 6.45) is 9.26. The van der Waals surface area contributed by atoms with Crippen LogP contribution in [0.3, 0.4) is 0 Å². The van der Waals surface area contributed by atoms with Crippen molar-refractivity contribution >= 4 is 40.0 Å². The van der Waals surface area contributed by atoms with Gasteiger partial charge in [-0.25, -0.2) is 13.1 Å². The molecule has 0 bridgehead atoms. The summed E-state index contributed by atoms with van der Waals surface area (Å²) in [5.41, 5.74) is 0. The highest BCUT2D eigenvalue weighted by molar-refractivity contribution is 14.0. The van der Waals surface area contributed by atoms with Crippen molar-refractivity contribution in [3.8, 4) is 0 Å². The first-order chi connectivity index (χ1) is 12.5. The van der Waals surface area contributed by atoms with Crippen molar-refractivity contribution in [1.29, 1.82) is 0 Å². The number of sulfonamides is 1. The van der Waals surface area contributed by atoms with Crippen LogP contribution in [0.5, 0.6) is 0 Å². The summed E-state index contributed by atoms with van der Waals surface area (Å²) >= 11 is 0. The van der Waals surface area contributed by atoms with Gasteiger partial charge in [0, 0.05) is 39.1 Å². The van der Waals surface area contributed by atoms with E-state index in [2.05, 4.69) is 31.5 Å². The average molecular weight is 509 g/mol. The summed E-state index contributed by atoms with van der Waals surface area (Å²) < 4.78 is 26.8. The van der Waals surface area contributed by atoms with E-state index in [0.29, 0.717) is 6.54 Å². The SMILES string of the molecule is C=CCCCCCN(C)C(=NCCNS(=O)(=O)c1cccnc1)NCC.I. The maximum Gasteiger partial charge on any atom is 0.242 e. The van der Waals surface area contributed by atoms with Crippen LogP contribution in [0.15, 0.2) is 47.1 Å². The van der Waals surface area contributed by atoms with Gasteiger partial charge in [0.25, 0.3) is 0 Å². The first kappa shape index (κ1) is 25.8. The second-order valence-electron chi connectivity index (χ2n) is 5.88. The molecule has 2 N–H and O–H groups in total. The molecule has 0 saturated carbocycles. The van der Waals surface area contributed by atoms with Gasteiger partial charge in [-0.05, 0) is 38.3 Å². The zero-order valence-electron chi connectivity index (χ0n) is 16.2. The van der Waals surface area contributed by atoms with E-state index in [4.69, 9.17) is 0 Å². The van der Waals surface area contributed by atoms with Crippen molar-refractivity contribution in [1.82, 2.24) is 19.9 Å². The first-order valence-electron chi connectivity index (χ1n) is 9.01. The Morgan fingerprint density at radius 2 is 2.15 bits per heavy atom. The number of aromatic nitrogens is 1. The number of pyridine rings is 1. The molecule has 0 aliphatic rings. The van der Waals surface area contributed by atoms with E-state index >= 15 is 0 Å². The summed E-state index contributed by atoms with van der Waals surface area (Å²) in [4.78, 5) is 10.6. The second kappa shape index (κ2) is 14.8. The van der Waals surface area contributed by atoms with Crippen LogP contribution < -0.4 is 10.0 Å². The number of nitrogens with one attached hydrogen (secondary N) is 2. The van der Waals surface area contributed by atoms with Crippen LogP contribution in [0.25, 0.3) is 0 Å². The fourth-order valence-corrected chi connectivity index (χ4v) is 3.31. The molecule has 0 aliphatic heterocycles. The lowest BCUT2D eigenvalue weighted by molar-refractivity contribution is 0.455. The van der Waals surface area contributed by atoms with Crippen molar-refractivity contribution < 1.29 is 8.42 Å². The molecular formula is C18H32IN5O2S. The molecule has 154 valence electrons. The molecule has 0 amide bonds. The van der Waals surface area contributed by atoms with Crippen LogP contribution in [0.1, 0.15) is 32.6 Å². The van der Waals surface area contributed by atoms with Crippen LogP contribution in [-0.4, -0.2) is 57.5 Å². The Bertz CT molecular complexity index is 653. The van der Waals surface area contributed by atoms with E-state index in [0.717, 1.165) is 44.7 Å². The number of rotatable bonds is 12. The highest BCUT2D eigenvalue weighted by atomic mass is 127. The van der Waals surface area contributed by atoms with Crippen molar-refractivity contribution in [2.24, 2.45) is 4.99 Å². The molecule has 0 saturated heterocycles. The normalized spacial score (nSPS) is 11.6. The number of hydrogen-bond acceptors (Lipinski definition) is 4. The van der Waals surface area contributed by atoms with Crippen molar-refractivity contribution in [3.63, 3.8) is 0 Å². The minimum atomic E-state index is -3.54. The Hall–Kier alpha value is -1.20. The lowest BCUT2D eigenvalue weighted by Gasteiger charge is -2.22. The van der Waals surface area contributed by atoms with Gasteiger partial charge in [-0.1, -0.05) is 12.5 Å². The lowest BCUT2D eigenvalue weighted by Crippen LogP contribution is -2.40. The van der Waals surface area contributed by atoms with Crippen LogP contribution in [-0.2, 0) is 10.0 Å². The van der Waals surface area contributed by atoms with Crippen LogP contribution in [0, 0.1) is 0 Å². The van der Waals surface area contributed by atoms with Crippen molar-refractivity contribution in [2.45, 2.75) is 37.5 Å². The van der Waals surface area contributed by atoms with E-state index in [1.165, 1.54) is 12.3 Å². The van der Waals surface area contributed by atoms with Gasteiger partial charge in [-0.2, -0.15) is 0 Å². The average Bonchev–Trinajstić information content (AvgIpc) is 2.64. The Labute approximate surface area is 180 Å². The molecule has 0 radical (unpaired) electrons. The van der Waals surface area contributed by atoms with Gasteiger partial charge in [0.15, 0.2) is 5.96 Å². The van der Waals surface area contributed by atoms with Gasteiger partial charge in [-0.15, -0.1) is 30.6 Å². The van der Waals surface area contributed by atoms with Gasteiger partial charge in [0.2, 0.25) is 10.0 Å². The first-order valence-corrected chi connectivity index (χ1v) is 10.5. The molecule has 1 rings (SSSR count). The van der Waals surface area contributed by atoms with Gasteiger partial charge in [0.05, 0.1) is 6.54 Å². The maximum absolute atomic E-state index is 12.1. The predicted octanol–water partition coefficient (Wildman–Crippen LogP) is 2.62.